The number of rotatable bonds is 8. The lowest BCUT2D eigenvalue weighted by molar-refractivity contribution is -0.171. The van der Waals surface area contributed by atoms with Gasteiger partial charge in [-0.05, 0) is 72.2 Å². The molecule has 0 radical (unpaired) electrons. The van der Waals surface area contributed by atoms with Gasteiger partial charge in [-0.15, -0.1) is 11.8 Å². The van der Waals surface area contributed by atoms with Crippen LogP contribution >= 0.6 is 23.4 Å². The number of nitrogens with zero attached hydrogens (tertiary/aromatic N) is 1. The SMILES string of the molecule is COc1nc(C(=C[C@H]2CCC3(C2)O[C@H](c2ccccc2)[C@@H](c2ccccc2)O3)c2ccc(SC)c(Cl)c2)ccc1C1CC1. The Hall–Kier alpha value is -3.09. The molecule has 1 aromatic heterocycles. The van der Waals surface area contributed by atoms with Crippen LogP contribution in [-0.2, 0) is 9.47 Å². The fourth-order valence-electron chi connectivity index (χ4n) is 6.62. The normalized spacial score (nSPS) is 23.1. The molecule has 4 aromatic rings. The van der Waals surface area contributed by atoms with E-state index in [0.29, 0.717) is 5.92 Å². The lowest BCUT2D eigenvalue weighted by Crippen LogP contribution is -2.26. The predicted molar refractivity (Wildman–Crippen MR) is 174 cm³/mol. The minimum absolute atomic E-state index is 0.162. The summed E-state index contributed by atoms with van der Waals surface area (Å²) in [5.74, 6) is 0.880. The molecule has 1 saturated heterocycles. The van der Waals surface area contributed by atoms with Crippen LogP contribution in [0.5, 0.6) is 5.88 Å². The van der Waals surface area contributed by atoms with Crippen molar-refractivity contribution in [3.63, 3.8) is 0 Å². The quantitative estimate of drug-likeness (QED) is 0.186. The summed E-state index contributed by atoms with van der Waals surface area (Å²) in [6, 6.07) is 31.6. The van der Waals surface area contributed by atoms with Crippen LogP contribution < -0.4 is 4.74 Å². The standard InChI is InChI=1S/C37H36ClNO3S/c1-40-36-29(25-13-14-25)16-17-32(39-36)30(28-15-18-33(43-2)31(38)22-28)21-24-19-20-37(23-24)41-34(26-9-5-3-6-10-26)35(42-37)27-11-7-4-8-12-27/h3-12,15-18,21-22,24-25,34-35H,13-14,19-20,23H2,1-2H3/t24-,34-,35-/m1/s1. The zero-order valence-electron chi connectivity index (χ0n) is 24.5. The number of aromatic nitrogens is 1. The minimum atomic E-state index is -0.644. The van der Waals surface area contributed by atoms with Gasteiger partial charge in [-0.2, -0.15) is 0 Å². The van der Waals surface area contributed by atoms with E-state index in [1.165, 1.54) is 18.4 Å². The van der Waals surface area contributed by atoms with Crippen LogP contribution in [0.15, 0.2) is 102 Å². The number of benzene rings is 3. The second-order valence-electron chi connectivity index (χ2n) is 11.8. The topological polar surface area (TPSA) is 40.6 Å². The summed E-state index contributed by atoms with van der Waals surface area (Å²) in [5.41, 5.74) is 6.50. The number of methoxy groups -OCH3 is 1. The smallest absolute Gasteiger partial charge is 0.217 e. The van der Waals surface area contributed by atoms with Gasteiger partial charge >= 0.3 is 0 Å². The Bertz CT molecular complexity index is 1570. The van der Waals surface area contributed by atoms with E-state index >= 15 is 0 Å². The maximum atomic E-state index is 6.91. The maximum Gasteiger partial charge on any atom is 0.217 e. The highest BCUT2D eigenvalue weighted by Gasteiger charge is 2.52. The number of halogens is 1. The van der Waals surface area contributed by atoms with Crippen molar-refractivity contribution < 1.29 is 14.2 Å². The van der Waals surface area contributed by atoms with Crippen molar-refractivity contribution in [2.75, 3.05) is 13.4 Å². The number of allylic oxidation sites excluding steroid dienone is 1. The van der Waals surface area contributed by atoms with Crippen molar-refractivity contribution in [2.45, 2.75) is 60.9 Å². The van der Waals surface area contributed by atoms with Crippen molar-refractivity contribution in [1.29, 1.82) is 0 Å². The van der Waals surface area contributed by atoms with Gasteiger partial charge in [0.25, 0.3) is 0 Å². The third kappa shape index (κ3) is 5.88. The Morgan fingerprint density at radius 1 is 0.907 bits per heavy atom. The van der Waals surface area contributed by atoms with Gasteiger partial charge in [-0.1, -0.05) is 90.5 Å². The summed E-state index contributed by atoms with van der Waals surface area (Å²) in [5, 5.41) is 0.749. The van der Waals surface area contributed by atoms with E-state index in [-0.39, 0.29) is 18.1 Å². The zero-order valence-corrected chi connectivity index (χ0v) is 26.1. The first-order chi connectivity index (χ1) is 21.1. The molecule has 3 atom stereocenters. The van der Waals surface area contributed by atoms with Crippen molar-refractivity contribution in [1.82, 2.24) is 4.98 Å². The molecule has 0 unspecified atom stereocenters. The molecule has 7 rings (SSSR count). The van der Waals surface area contributed by atoms with Gasteiger partial charge in [-0.3, -0.25) is 0 Å². The Morgan fingerprint density at radius 2 is 1.58 bits per heavy atom. The summed E-state index contributed by atoms with van der Waals surface area (Å²) in [6.07, 6.45) is 9.04. The first-order valence-corrected chi connectivity index (χ1v) is 16.7. The summed E-state index contributed by atoms with van der Waals surface area (Å²) < 4.78 is 19.6. The van der Waals surface area contributed by atoms with Gasteiger partial charge in [0.05, 0.1) is 17.8 Å². The summed E-state index contributed by atoms with van der Waals surface area (Å²) >= 11 is 8.38. The van der Waals surface area contributed by atoms with E-state index in [0.717, 1.165) is 63.0 Å². The van der Waals surface area contributed by atoms with Crippen molar-refractivity contribution in [2.24, 2.45) is 5.92 Å². The highest BCUT2D eigenvalue weighted by molar-refractivity contribution is 7.98. The van der Waals surface area contributed by atoms with Crippen LogP contribution in [-0.4, -0.2) is 24.1 Å². The first-order valence-electron chi connectivity index (χ1n) is 15.1. The van der Waals surface area contributed by atoms with Gasteiger partial charge in [0, 0.05) is 28.9 Å². The molecule has 2 heterocycles. The van der Waals surface area contributed by atoms with Crippen molar-refractivity contribution in [3.05, 3.63) is 130 Å². The second kappa shape index (κ2) is 12.1. The molecule has 43 heavy (non-hydrogen) atoms. The molecule has 4 nitrogen and oxygen atoms in total. The first kappa shape index (κ1) is 28.7. The van der Waals surface area contributed by atoms with Gasteiger partial charge in [0.2, 0.25) is 5.88 Å². The second-order valence-corrected chi connectivity index (χ2v) is 13.1. The Labute approximate surface area is 263 Å². The molecular weight excluding hydrogens is 574 g/mol. The molecule has 2 saturated carbocycles. The summed E-state index contributed by atoms with van der Waals surface area (Å²) in [6.45, 7) is 0. The molecule has 3 fully saturated rings. The van der Waals surface area contributed by atoms with Gasteiger partial charge in [0.15, 0.2) is 5.79 Å². The number of pyridine rings is 1. The molecular formula is C37H36ClNO3S. The largest absolute Gasteiger partial charge is 0.481 e. The zero-order chi connectivity index (χ0) is 29.4. The Balaban J connectivity index is 1.23. The lowest BCUT2D eigenvalue weighted by Gasteiger charge is -2.23. The highest BCUT2D eigenvalue weighted by atomic mass is 35.5. The Kier molecular flexibility index (Phi) is 8.08. The highest BCUT2D eigenvalue weighted by Crippen LogP contribution is 2.55. The van der Waals surface area contributed by atoms with Crippen molar-refractivity contribution in [3.8, 4) is 5.88 Å². The molecule has 0 amide bonds. The van der Waals surface area contributed by atoms with Gasteiger partial charge < -0.3 is 14.2 Å². The fraction of sp³-hybridized carbons (Fsp3) is 0.324. The van der Waals surface area contributed by atoms with E-state index in [1.807, 2.05) is 18.4 Å². The van der Waals surface area contributed by atoms with E-state index in [9.17, 15) is 0 Å². The molecule has 0 bridgehead atoms. The van der Waals surface area contributed by atoms with Crippen LogP contribution in [0.3, 0.4) is 0 Å². The van der Waals surface area contributed by atoms with E-state index in [2.05, 4.69) is 84.9 Å². The average Bonchev–Trinajstić information content (AvgIpc) is 3.73. The van der Waals surface area contributed by atoms with Gasteiger partial charge in [0.1, 0.15) is 12.2 Å². The predicted octanol–water partition coefficient (Wildman–Crippen LogP) is 9.80. The molecule has 1 aliphatic heterocycles. The third-order valence-electron chi connectivity index (χ3n) is 8.93. The van der Waals surface area contributed by atoms with Gasteiger partial charge in [-0.25, -0.2) is 4.98 Å². The van der Waals surface area contributed by atoms with Crippen LogP contribution in [0.2, 0.25) is 5.02 Å². The average molecular weight is 610 g/mol. The molecule has 0 N–H and O–H groups in total. The number of thioether (sulfide) groups is 1. The monoisotopic (exact) mass is 609 g/mol. The molecule has 1 spiro atoms. The minimum Gasteiger partial charge on any atom is -0.481 e. The fourth-order valence-corrected chi connectivity index (χ4v) is 7.49. The van der Waals surface area contributed by atoms with E-state index < -0.39 is 5.79 Å². The Morgan fingerprint density at radius 3 is 2.16 bits per heavy atom. The van der Waals surface area contributed by atoms with Crippen LogP contribution in [0.25, 0.3) is 5.57 Å². The number of hydrogen-bond donors (Lipinski definition) is 0. The maximum absolute atomic E-state index is 6.91. The summed E-state index contributed by atoms with van der Waals surface area (Å²) in [7, 11) is 1.72. The molecule has 3 aliphatic rings. The molecule has 220 valence electrons. The van der Waals surface area contributed by atoms with Crippen molar-refractivity contribution >= 4 is 28.9 Å². The molecule has 6 heteroatoms. The molecule has 3 aromatic carbocycles. The van der Waals surface area contributed by atoms with E-state index in [1.54, 1.807) is 18.9 Å². The third-order valence-corrected chi connectivity index (χ3v) is 10.1. The number of hydrogen-bond acceptors (Lipinski definition) is 5. The van der Waals surface area contributed by atoms with E-state index in [4.69, 9.17) is 30.8 Å². The molecule has 2 aliphatic carbocycles. The van der Waals surface area contributed by atoms with Crippen LogP contribution in [0.4, 0.5) is 0 Å². The lowest BCUT2D eigenvalue weighted by atomic mass is 9.95. The van der Waals surface area contributed by atoms with Crippen LogP contribution in [0, 0.1) is 5.92 Å². The van der Waals surface area contributed by atoms with Crippen LogP contribution in [0.1, 0.15) is 78.2 Å². The summed E-state index contributed by atoms with van der Waals surface area (Å²) in [4.78, 5) is 6.10. The number of ether oxygens (including phenoxy) is 3.